The normalized spacial score (nSPS) is 20.0. The zero-order valence-electron chi connectivity index (χ0n) is 23.9. The van der Waals surface area contributed by atoms with Gasteiger partial charge in [-0.3, -0.25) is 0 Å². The molecule has 43 heavy (non-hydrogen) atoms. The van der Waals surface area contributed by atoms with Crippen LogP contribution in [0, 0.1) is 5.92 Å². The van der Waals surface area contributed by atoms with E-state index in [1.165, 1.54) is 71.3 Å². The third kappa shape index (κ3) is 3.85. The molecule has 0 saturated carbocycles. The van der Waals surface area contributed by atoms with Crippen molar-refractivity contribution in [3.63, 3.8) is 0 Å². The van der Waals surface area contributed by atoms with E-state index in [-0.39, 0.29) is 5.92 Å². The Kier molecular flexibility index (Phi) is 5.52. The van der Waals surface area contributed by atoms with Gasteiger partial charge >= 0.3 is 0 Å². The van der Waals surface area contributed by atoms with Crippen LogP contribution in [0.5, 0.6) is 0 Å². The van der Waals surface area contributed by atoms with Crippen molar-refractivity contribution in [3.05, 3.63) is 172 Å². The topological polar surface area (TPSA) is 3.24 Å². The van der Waals surface area contributed by atoms with Gasteiger partial charge in [-0.25, -0.2) is 0 Å². The van der Waals surface area contributed by atoms with Gasteiger partial charge in [-0.1, -0.05) is 134 Å². The summed E-state index contributed by atoms with van der Waals surface area (Å²) in [5.74, 6) is 0.552. The maximum absolute atomic E-state index is 2.54. The largest absolute Gasteiger partial charge is 0.309 e. The van der Waals surface area contributed by atoms with E-state index in [0.29, 0.717) is 5.92 Å². The zero-order chi connectivity index (χ0) is 28.3. The molecule has 3 aliphatic carbocycles. The van der Waals surface area contributed by atoms with Crippen LogP contribution in [0.3, 0.4) is 0 Å². The molecule has 1 aliphatic heterocycles. The van der Waals surface area contributed by atoms with E-state index < -0.39 is 0 Å². The first-order valence-corrected chi connectivity index (χ1v) is 15.4. The fraction of sp³-hybridized carbons (Fsp3) is 0.0952. The summed E-state index contributed by atoms with van der Waals surface area (Å²) in [5.41, 5.74) is 9.18. The molecular weight excluding hydrogens is 518 g/mol. The van der Waals surface area contributed by atoms with E-state index in [1.54, 1.807) is 0 Å². The van der Waals surface area contributed by atoms with Gasteiger partial charge in [0, 0.05) is 22.9 Å². The number of para-hydroxylation sites is 1. The Labute approximate surface area is 252 Å². The lowest BCUT2D eigenvalue weighted by atomic mass is 9.74. The Morgan fingerprint density at radius 2 is 1.47 bits per heavy atom. The molecule has 0 amide bonds. The van der Waals surface area contributed by atoms with E-state index in [9.17, 15) is 0 Å². The van der Waals surface area contributed by atoms with Crippen LogP contribution in [-0.4, -0.2) is 0 Å². The minimum Gasteiger partial charge on any atom is -0.309 e. The third-order valence-electron chi connectivity index (χ3n) is 9.62. The quantitative estimate of drug-likeness (QED) is 0.212. The third-order valence-corrected chi connectivity index (χ3v) is 9.62. The number of fused-ring (bicyclic) bond motifs is 6. The monoisotopic (exact) mass is 549 g/mol. The van der Waals surface area contributed by atoms with Crippen molar-refractivity contribution in [2.24, 2.45) is 5.92 Å². The molecule has 0 bridgehead atoms. The minimum atomic E-state index is 0.254. The van der Waals surface area contributed by atoms with Crippen molar-refractivity contribution >= 4 is 50.6 Å². The molecule has 2 atom stereocenters. The Morgan fingerprint density at radius 1 is 0.628 bits per heavy atom. The van der Waals surface area contributed by atoms with Crippen LogP contribution in [0.25, 0.3) is 39.3 Å². The van der Waals surface area contributed by atoms with Crippen LogP contribution in [0.15, 0.2) is 151 Å². The first kappa shape index (κ1) is 24.5. The molecule has 0 spiro atoms. The number of allylic oxidation sites excluding steroid dienone is 8. The van der Waals surface area contributed by atoms with Crippen molar-refractivity contribution in [1.29, 1.82) is 0 Å². The SMILES string of the molecule is C1=CC2=c3c(cc(N4C5=C(C=Cc6ccccc64)CCC=C5)c4ccccc34)=CC(c3ccc4ccccc4c3)C2C=C1. The van der Waals surface area contributed by atoms with E-state index in [0.717, 1.165) is 12.8 Å². The van der Waals surface area contributed by atoms with Crippen LogP contribution >= 0.6 is 0 Å². The highest BCUT2D eigenvalue weighted by Crippen LogP contribution is 2.43. The molecule has 0 aromatic heterocycles. The lowest BCUT2D eigenvalue weighted by Crippen LogP contribution is -2.37. The van der Waals surface area contributed by atoms with Crippen molar-refractivity contribution in [2.45, 2.75) is 18.8 Å². The van der Waals surface area contributed by atoms with Gasteiger partial charge in [-0.05, 0) is 79.9 Å². The van der Waals surface area contributed by atoms with Gasteiger partial charge in [0.25, 0.3) is 0 Å². The Balaban J connectivity index is 1.36. The summed E-state index contributed by atoms with van der Waals surface area (Å²) < 4.78 is 0. The van der Waals surface area contributed by atoms with Gasteiger partial charge in [0.1, 0.15) is 0 Å². The first-order chi connectivity index (χ1) is 21.3. The standard InChI is InChI=1S/C42H31N/c1-2-14-31-25-32(24-21-28(31)11-1)38-26-33-27-41(35-16-6-8-18-37(35)42(33)36-17-7-5-15-34(36)38)43-39-19-9-3-12-29(39)22-23-30-13-4-10-20-40(30)43/h1-3,5-12,14-27,34,38H,4,13H2. The predicted molar refractivity (Wildman–Crippen MR) is 183 cm³/mol. The highest BCUT2D eigenvalue weighted by Gasteiger charge is 2.29. The van der Waals surface area contributed by atoms with Crippen molar-refractivity contribution in [3.8, 4) is 0 Å². The molecular formula is C42H31N. The second-order valence-corrected chi connectivity index (χ2v) is 12.0. The summed E-state index contributed by atoms with van der Waals surface area (Å²) in [6.07, 6.45) is 23.2. The summed E-state index contributed by atoms with van der Waals surface area (Å²) >= 11 is 0. The lowest BCUT2D eigenvalue weighted by molar-refractivity contribution is 0.744. The number of hydrogen-bond acceptors (Lipinski definition) is 1. The molecule has 0 radical (unpaired) electrons. The summed E-state index contributed by atoms with van der Waals surface area (Å²) in [5, 5.41) is 7.88. The molecule has 1 heteroatoms. The van der Waals surface area contributed by atoms with Gasteiger partial charge in [0.05, 0.1) is 11.4 Å². The molecule has 1 heterocycles. The number of hydrogen-bond donors (Lipinski definition) is 0. The Hall–Kier alpha value is -5.14. The number of anilines is 2. The van der Waals surface area contributed by atoms with Gasteiger partial charge in [0.2, 0.25) is 0 Å². The second kappa shape index (κ2) is 9.71. The van der Waals surface area contributed by atoms with E-state index in [2.05, 4.69) is 157 Å². The average molecular weight is 550 g/mol. The van der Waals surface area contributed by atoms with E-state index >= 15 is 0 Å². The van der Waals surface area contributed by atoms with Gasteiger partial charge in [-0.15, -0.1) is 0 Å². The molecule has 1 nitrogen and oxygen atoms in total. The van der Waals surface area contributed by atoms with Crippen molar-refractivity contribution in [2.75, 3.05) is 4.90 Å². The summed E-state index contributed by atoms with van der Waals surface area (Å²) in [4.78, 5) is 2.52. The number of benzene rings is 5. The maximum Gasteiger partial charge on any atom is 0.0546 e. The first-order valence-electron chi connectivity index (χ1n) is 15.4. The molecule has 0 fully saturated rings. The minimum absolute atomic E-state index is 0.254. The maximum atomic E-state index is 2.54. The summed E-state index contributed by atoms with van der Waals surface area (Å²) in [6.45, 7) is 0. The van der Waals surface area contributed by atoms with Crippen LogP contribution in [0.1, 0.15) is 29.9 Å². The fourth-order valence-electron chi connectivity index (χ4n) is 7.62. The lowest BCUT2D eigenvalue weighted by Gasteiger charge is -2.33. The van der Waals surface area contributed by atoms with Gasteiger partial charge in [-0.2, -0.15) is 0 Å². The van der Waals surface area contributed by atoms with E-state index in [4.69, 9.17) is 0 Å². The molecule has 0 saturated heterocycles. The highest BCUT2D eigenvalue weighted by atomic mass is 15.2. The number of rotatable bonds is 2. The molecule has 5 aromatic carbocycles. The van der Waals surface area contributed by atoms with Crippen molar-refractivity contribution in [1.82, 2.24) is 0 Å². The zero-order valence-corrected chi connectivity index (χ0v) is 23.9. The average Bonchev–Trinajstić information content (AvgIpc) is 3.24. The van der Waals surface area contributed by atoms with Crippen molar-refractivity contribution < 1.29 is 0 Å². The molecule has 5 aromatic rings. The summed E-state index contributed by atoms with van der Waals surface area (Å²) in [6, 6.07) is 36.0. The van der Waals surface area contributed by atoms with Crippen LogP contribution in [0.4, 0.5) is 11.4 Å². The van der Waals surface area contributed by atoms with E-state index in [1.807, 2.05) is 0 Å². The molecule has 9 rings (SSSR count). The molecule has 2 unspecified atom stereocenters. The second-order valence-electron chi connectivity index (χ2n) is 12.0. The summed E-state index contributed by atoms with van der Waals surface area (Å²) in [7, 11) is 0. The Bertz CT molecular complexity index is 2250. The molecule has 204 valence electrons. The molecule has 4 aliphatic rings. The molecule has 0 N–H and O–H groups in total. The van der Waals surface area contributed by atoms with Crippen LogP contribution < -0.4 is 15.3 Å². The smallest absolute Gasteiger partial charge is 0.0546 e. The fourth-order valence-corrected chi connectivity index (χ4v) is 7.62. The number of nitrogens with zero attached hydrogens (tertiary/aromatic N) is 1. The Morgan fingerprint density at radius 3 is 2.42 bits per heavy atom. The van der Waals surface area contributed by atoms with Gasteiger partial charge < -0.3 is 4.90 Å². The van der Waals surface area contributed by atoms with Gasteiger partial charge in [0.15, 0.2) is 0 Å². The highest BCUT2D eigenvalue weighted by molar-refractivity contribution is 6.01. The van der Waals surface area contributed by atoms with Crippen LogP contribution in [0.2, 0.25) is 0 Å². The predicted octanol–water partition coefficient (Wildman–Crippen LogP) is 9.23. The van der Waals surface area contributed by atoms with Crippen LogP contribution in [-0.2, 0) is 0 Å².